The summed E-state index contributed by atoms with van der Waals surface area (Å²) in [6.45, 7) is 8.61. The van der Waals surface area contributed by atoms with Crippen LogP contribution in [0, 0.1) is 11.8 Å². The first-order chi connectivity index (χ1) is 8.59. The Morgan fingerprint density at radius 2 is 1.83 bits per heavy atom. The highest BCUT2D eigenvalue weighted by atomic mass is 15.1. The molecular formula is C16H32N2. The molecule has 0 radical (unpaired) electrons. The van der Waals surface area contributed by atoms with Gasteiger partial charge in [0, 0.05) is 5.54 Å². The van der Waals surface area contributed by atoms with Gasteiger partial charge in [-0.1, -0.05) is 26.7 Å². The summed E-state index contributed by atoms with van der Waals surface area (Å²) in [5.41, 5.74) is 6.65. The molecule has 0 bridgehead atoms. The summed E-state index contributed by atoms with van der Waals surface area (Å²) in [7, 11) is 0. The lowest BCUT2D eigenvalue weighted by atomic mass is 9.89. The standard InChI is InChI=1S/C16H32N2/c1-14(2)15-6-5-11-18(12-7-15)13-10-16(17)8-3-4-9-16/h14-15H,3-13,17H2,1-2H3. The first-order valence-corrected chi connectivity index (χ1v) is 8.10. The van der Waals surface area contributed by atoms with Gasteiger partial charge in [0.2, 0.25) is 0 Å². The van der Waals surface area contributed by atoms with Crippen molar-refractivity contribution in [3.63, 3.8) is 0 Å². The lowest BCUT2D eigenvalue weighted by Crippen LogP contribution is -2.40. The first-order valence-electron chi connectivity index (χ1n) is 8.10. The Kier molecular flexibility index (Phi) is 5.08. The summed E-state index contributed by atoms with van der Waals surface area (Å²) in [6, 6.07) is 0. The minimum Gasteiger partial charge on any atom is -0.325 e. The number of hydrogen-bond acceptors (Lipinski definition) is 2. The van der Waals surface area contributed by atoms with E-state index in [0.29, 0.717) is 0 Å². The third kappa shape index (κ3) is 3.96. The number of nitrogens with two attached hydrogens (primary N) is 1. The maximum Gasteiger partial charge on any atom is 0.0166 e. The van der Waals surface area contributed by atoms with Gasteiger partial charge < -0.3 is 10.6 Å². The predicted octanol–water partition coefficient (Wildman–Crippen LogP) is 3.41. The molecule has 18 heavy (non-hydrogen) atoms. The molecule has 1 unspecified atom stereocenters. The van der Waals surface area contributed by atoms with Crippen LogP contribution in [0.25, 0.3) is 0 Å². The highest BCUT2D eigenvalue weighted by molar-refractivity contribution is 4.90. The Morgan fingerprint density at radius 1 is 1.11 bits per heavy atom. The zero-order valence-corrected chi connectivity index (χ0v) is 12.5. The molecule has 2 fully saturated rings. The Morgan fingerprint density at radius 3 is 2.50 bits per heavy atom. The molecule has 1 aliphatic carbocycles. The summed E-state index contributed by atoms with van der Waals surface area (Å²) in [4.78, 5) is 2.68. The average molecular weight is 252 g/mol. The normalized spacial score (nSPS) is 29.7. The molecule has 2 aliphatic rings. The maximum atomic E-state index is 6.46. The number of likely N-dealkylation sites (tertiary alicyclic amines) is 1. The molecular weight excluding hydrogens is 220 g/mol. The molecule has 0 aromatic rings. The molecule has 1 saturated heterocycles. The fourth-order valence-electron chi connectivity index (χ4n) is 3.78. The lowest BCUT2D eigenvalue weighted by molar-refractivity contribution is 0.239. The van der Waals surface area contributed by atoms with Crippen molar-refractivity contribution in [3.8, 4) is 0 Å². The van der Waals surface area contributed by atoms with Crippen LogP contribution in [0.5, 0.6) is 0 Å². The van der Waals surface area contributed by atoms with E-state index in [0.717, 1.165) is 11.8 Å². The van der Waals surface area contributed by atoms with E-state index >= 15 is 0 Å². The largest absolute Gasteiger partial charge is 0.325 e. The van der Waals surface area contributed by atoms with E-state index in [1.54, 1.807) is 0 Å². The molecule has 2 rings (SSSR count). The van der Waals surface area contributed by atoms with Gasteiger partial charge in [0.25, 0.3) is 0 Å². The topological polar surface area (TPSA) is 29.3 Å². The van der Waals surface area contributed by atoms with Crippen LogP contribution < -0.4 is 5.73 Å². The van der Waals surface area contributed by atoms with Crippen LogP contribution in [0.1, 0.15) is 65.2 Å². The van der Waals surface area contributed by atoms with Gasteiger partial charge in [-0.2, -0.15) is 0 Å². The molecule has 1 heterocycles. The molecule has 2 heteroatoms. The van der Waals surface area contributed by atoms with Crippen molar-refractivity contribution >= 4 is 0 Å². The summed E-state index contributed by atoms with van der Waals surface area (Å²) >= 11 is 0. The van der Waals surface area contributed by atoms with E-state index in [1.807, 2.05) is 0 Å². The van der Waals surface area contributed by atoms with Gasteiger partial charge in [-0.25, -0.2) is 0 Å². The molecule has 106 valence electrons. The summed E-state index contributed by atoms with van der Waals surface area (Å²) < 4.78 is 0. The van der Waals surface area contributed by atoms with Crippen LogP contribution in [-0.2, 0) is 0 Å². The second-order valence-corrected chi connectivity index (χ2v) is 7.10. The van der Waals surface area contributed by atoms with Crippen molar-refractivity contribution in [2.24, 2.45) is 17.6 Å². The van der Waals surface area contributed by atoms with E-state index in [4.69, 9.17) is 5.73 Å². The summed E-state index contributed by atoms with van der Waals surface area (Å²) in [5.74, 6) is 1.81. The van der Waals surface area contributed by atoms with Crippen LogP contribution in [0.2, 0.25) is 0 Å². The van der Waals surface area contributed by atoms with E-state index in [9.17, 15) is 0 Å². The number of nitrogens with zero attached hydrogens (tertiary/aromatic N) is 1. The van der Waals surface area contributed by atoms with Crippen LogP contribution in [0.4, 0.5) is 0 Å². The van der Waals surface area contributed by atoms with Gasteiger partial charge in [-0.05, 0) is 70.0 Å². The molecule has 2 nitrogen and oxygen atoms in total. The van der Waals surface area contributed by atoms with E-state index in [1.165, 1.54) is 71.0 Å². The van der Waals surface area contributed by atoms with Crippen molar-refractivity contribution in [1.29, 1.82) is 0 Å². The molecule has 0 aromatic heterocycles. The minimum atomic E-state index is 0.184. The Hall–Kier alpha value is -0.0800. The summed E-state index contributed by atoms with van der Waals surface area (Å²) in [6.07, 6.45) is 10.7. The highest BCUT2D eigenvalue weighted by Crippen LogP contribution is 2.31. The molecule has 1 aliphatic heterocycles. The molecule has 0 aromatic carbocycles. The van der Waals surface area contributed by atoms with E-state index in [2.05, 4.69) is 18.7 Å². The average Bonchev–Trinajstić information content (AvgIpc) is 2.64. The van der Waals surface area contributed by atoms with Gasteiger partial charge in [0.15, 0.2) is 0 Å². The highest BCUT2D eigenvalue weighted by Gasteiger charge is 2.29. The monoisotopic (exact) mass is 252 g/mol. The smallest absolute Gasteiger partial charge is 0.0166 e. The van der Waals surface area contributed by atoms with Gasteiger partial charge in [-0.15, -0.1) is 0 Å². The first kappa shape index (κ1) is 14.3. The van der Waals surface area contributed by atoms with Crippen molar-refractivity contribution in [2.45, 2.75) is 70.8 Å². The minimum absolute atomic E-state index is 0.184. The Bertz CT molecular complexity index is 243. The van der Waals surface area contributed by atoms with Crippen LogP contribution in [0.15, 0.2) is 0 Å². The van der Waals surface area contributed by atoms with Crippen molar-refractivity contribution in [1.82, 2.24) is 4.90 Å². The fourth-order valence-corrected chi connectivity index (χ4v) is 3.78. The third-order valence-electron chi connectivity index (χ3n) is 5.33. The van der Waals surface area contributed by atoms with Crippen LogP contribution >= 0.6 is 0 Å². The lowest BCUT2D eigenvalue weighted by Gasteiger charge is -2.28. The van der Waals surface area contributed by atoms with Gasteiger partial charge >= 0.3 is 0 Å². The predicted molar refractivity (Wildman–Crippen MR) is 78.6 cm³/mol. The zero-order chi connectivity index (χ0) is 13.0. The molecule has 0 spiro atoms. The Labute approximate surface area is 113 Å². The quantitative estimate of drug-likeness (QED) is 0.831. The van der Waals surface area contributed by atoms with Crippen LogP contribution in [0.3, 0.4) is 0 Å². The third-order valence-corrected chi connectivity index (χ3v) is 5.33. The van der Waals surface area contributed by atoms with Crippen molar-refractivity contribution in [2.75, 3.05) is 19.6 Å². The Balaban J connectivity index is 1.73. The zero-order valence-electron chi connectivity index (χ0n) is 12.5. The molecule has 1 atom stereocenters. The van der Waals surface area contributed by atoms with Gasteiger partial charge in [-0.3, -0.25) is 0 Å². The van der Waals surface area contributed by atoms with Gasteiger partial charge in [0.1, 0.15) is 0 Å². The molecule has 0 amide bonds. The SMILES string of the molecule is CC(C)C1CCCN(CCC2(N)CCCC2)CC1. The van der Waals surface area contributed by atoms with Crippen molar-refractivity contribution < 1.29 is 0 Å². The second-order valence-electron chi connectivity index (χ2n) is 7.10. The van der Waals surface area contributed by atoms with Crippen molar-refractivity contribution in [3.05, 3.63) is 0 Å². The molecule has 2 N–H and O–H groups in total. The fraction of sp³-hybridized carbons (Fsp3) is 1.00. The van der Waals surface area contributed by atoms with Gasteiger partial charge in [0.05, 0.1) is 0 Å². The number of rotatable bonds is 4. The molecule has 1 saturated carbocycles. The summed E-state index contributed by atoms with van der Waals surface area (Å²) in [5, 5.41) is 0. The second kappa shape index (κ2) is 6.38. The van der Waals surface area contributed by atoms with Crippen LogP contribution in [-0.4, -0.2) is 30.1 Å². The van der Waals surface area contributed by atoms with E-state index in [-0.39, 0.29) is 5.54 Å². The van der Waals surface area contributed by atoms with E-state index < -0.39 is 0 Å². The maximum absolute atomic E-state index is 6.46. The number of hydrogen-bond donors (Lipinski definition) is 1.